The average molecular weight is 626 g/mol. The molecule has 10 nitrogen and oxygen atoms in total. The molecule has 13 heteroatoms. The van der Waals surface area contributed by atoms with Crippen LogP contribution in [-0.4, -0.2) is 71.7 Å². The number of Topliss-reactive ketones (excluding diaryl/α,β-unsaturated/α-hetero) is 1. The number of hydrogen-bond acceptors (Lipinski definition) is 7. The molecular weight excluding hydrogens is 591 g/mol. The van der Waals surface area contributed by atoms with Gasteiger partial charge in [0.1, 0.15) is 17.1 Å². The normalized spacial score (nSPS) is 17.3. The maximum atomic E-state index is 14.0. The number of thiophene rings is 1. The fourth-order valence-electron chi connectivity index (χ4n) is 4.42. The summed E-state index contributed by atoms with van der Waals surface area (Å²) in [7, 11) is 1.24. The van der Waals surface area contributed by atoms with Gasteiger partial charge < -0.3 is 19.9 Å². The first kappa shape index (κ1) is 32.4. The number of nitrogens with zero attached hydrogens (tertiary/aromatic N) is 2. The summed E-state index contributed by atoms with van der Waals surface area (Å²) in [4.78, 5) is 68.5. The van der Waals surface area contributed by atoms with E-state index in [0.29, 0.717) is 4.88 Å². The quantitative estimate of drug-likeness (QED) is 0.276. The van der Waals surface area contributed by atoms with Crippen molar-refractivity contribution < 1.29 is 28.7 Å². The summed E-state index contributed by atoms with van der Waals surface area (Å²) in [5, 5.41) is 5.83. The third-order valence-electron chi connectivity index (χ3n) is 6.77. The SMILES string of the molecule is CCC1(C)C(=O)N(CC(=O)OC)CCN1C(=O)c1cc(C(=O)CC(C)(C)C)sc1NC(=O)Nc1cccc(Cl)c1Cl. The van der Waals surface area contributed by atoms with Gasteiger partial charge >= 0.3 is 12.0 Å². The molecule has 1 aliphatic heterocycles. The van der Waals surface area contributed by atoms with Crippen LogP contribution in [0.25, 0.3) is 0 Å². The Hall–Kier alpha value is -3.15. The molecule has 1 aromatic carbocycles. The summed E-state index contributed by atoms with van der Waals surface area (Å²) < 4.78 is 4.71. The smallest absolute Gasteiger partial charge is 0.325 e. The Balaban J connectivity index is 1.97. The molecule has 1 fully saturated rings. The van der Waals surface area contributed by atoms with E-state index in [-0.39, 0.29) is 70.0 Å². The van der Waals surface area contributed by atoms with Crippen LogP contribution in [0.4, 0.5) is 15.5 Å². The second-order valence-corrected chi connectivity index (χ2v) is 12.9. The number of benzene rings is 1. The standard InChI is InChI=1S/C28H34Cl2N4O6S/c1-7-28(5)25(38)33(15-21(36)40-6)11-12-34(28)24(37)16-13-20(19(35)14-27(2,3)4)41-23(16)32-26(39)31-18-10-8-9-17(29)22(18)30/h8-10,13H,7,11-12,14-15H2,1-6H3,(H2,31,32,39). The highest BCUT2D eigenvalue weighted by atomic mass is 35.5. The predicted octanol–water partition coefficient (Wildman–Crippen LogP) is 5.94. The lowest BCUT2D eigenvalue weighted by Gasteiger charge is -2.47. The minimum atomic E-state index is -1.27. The summed E-state index contributed by atoms with van der Waals surface area (Å²) in [5.41, 5.74) is -1.23. The van der Waals surface area contributed by atoms with Crippen LogP contribution in [-0.2, 0) is 14.3 Å². The van der Waals surface area contributed by atoms with Gasteiger partial charge in [-0.05, 0) is 37.0 Å². The highest BCUT2D eigenvalue weighted by Crippen LogP contribution is 2.36. The number of carbonyl (C=O) groups is 5. The van der Waals surface area contributed by atoms with Gasteiger partial charge in [-0.1, -0.05) is 57.0 Å². The van der Waals surface area contributed by atoms with Crippen molar-refractivity contribution in [1.82, 2.24) is 9.80 Å². The van der Waals surface area contributed by atoms with Crippen LogP contribution in [0.1, 0.15) is 67.5 Å². The Bertz CT molecular complexity index is 1370. The van der Waals surface area contributed by atoms with Crippen molar-refractivity contribution in [3.63, 3.8) is 0 Å². The molecule has 1 aromatic heterocycles. The van der Waals surface area contributed by atoms with E-state index in [9.17, 15) is 24.0 Å². The molecule has 3 rings (SSSR count). The number of anilines is 2. The Kier molecular flexibility index (Phi) is 10.1. The van der Waals surface area contributed by atoms with Crippen LogP contribution in [0.15, 0.2) is 24.3 Å². The van der Waals surface area contributed by atoms with E-state index >= 15 is 0 Å². The van der Waals surface area contributed by atoms with Crippen LogP contribution in [0, 0.1) is 5.41 Å². The Morgan fingerprint density at radius 2 is 1.80 bits per heavy atom. The first-order valence-corrected chi connectivity index (χ1v) is 14.6. The van der Waals surface area contributed by atoms with Crippen LogP contribution >= 0.6 is 34.5 Å². The summed E-state index contributed by atoms with van der Waals surface area (Å²) in [6.07, 6.45) is 0.494. The van der Waals surface area contributed by atoms with Gasteiger partial charge in [0.2, 0.25) is 5.91 Å². The first-order chi connectivity index (χ1) is 19.1. The minimum Gasteiger partial charge on any atom is -0.468 e. The monoisotopic (exact) mass is 624 g/mol. The van der Waals surface area contributed by atoms with E-state index in [1.165, 1.54) is 23.0 Å². The van der Waals surface area contributed by atoms with Gasteiger partial charge in [0, 0.05) is 19.5 Å². The van der Waals surface area contributed by atoms with Crippen LogP contribution < -0.4 is 10.6 Å². The van der Waals surface area contributed by atoms with Gasteiger partial charge in [0.05, 0.1) is 33.3 Å². The van der Waals surface area contributed by atoms with E-state index in [4.69, 9.17) is 27.9 Å². The number of piperazine rings is 1. The van der Waals surface area contributed by atoms with Crippen molar-refractivity contribution in [1.29, 1.82) is 0 Å². The molecule has 1 saturated heterocycles. The van der Waals surface area contributed by atoms with E-state index in [2.05, 4.69) is 10.6 Å². The van der Waals surface area contributed by atoms with Gasteiger partial charge in [-0.2, -0.15) is 0 Å². The van der Waals surface area contributed by atoms with Crippen molar-refractivity contribution in [2.24, 2.45) is 5.41 Å². The predicted molar refractivity (Wildman–Crippen MR) is 160 cm³/mol. The number of urea groups is 1. The van der Waals surface area contributed by atoms with Crippen molar-refractivity contribution in [3.8, 4) is 0 Å². The number of esters is 1. The van der Waals surface area contributed by atoms with Crippen LogP contribution in [0.3, 0.4) is 0 Å². The van der Waals surface area contributed by atoms with Crippen molar-refractivity contribution in [2.45, 2.75) is 53.0 Å². The Labute approximate surface area is 253 Å². The van der Waals surface area contributed by atoms with Gasteiger partial charge in [0.25, 0.3) is 5.91 Å². The minimum absolute atomic E-state index is 0.0773. The lowest BCUT2D eigenvalue weighted by Crippen LogP contribution is -2.66. The van der Waals surface area contributed by atoms with Gasteiger partial charge in [-0.3, -0.25) is 24.5 Å². The molecule has 0 spiro atoms. The van der Waals surface area contributed by atoms with Crippen molar-refractivity contribution in [3.05, 3.63) is 44.8 Å². The molecule has 0 aliphatic carbocycles. The second-order valence-electron chi connectivity index (χ2n) is 11.1. The maximum absolute atomic E-state index is 14.0. The molecule has 2 aromatic rings. The van der Waals surface area contributed by atoms with Gasteiger partial charge in [0.15, 0.2) is 5.78 Å². The van der Waals surface area contributed by atoms with Crippen molar-refractivity contribution in [2.75, 3.05) is 37.4 Å². The number of rotatable bonds is 8. The maximum Gasteiger partial charge on any atom is 0.325 e. The van der Waals surface area contributed by atoms with Gasteiger partial charge in [-0.15, -0.1) is 11.3 Å². The zero-order valence-corrected chi connectivity index (χ0v) is 26.2. The van der Waals surface area contributed by atoms with Gasteiger partial charge in [-0.25, -0.2) is 4.79 Å². The van der Waals surface area contributed by atoms with Crippen LogP contribution in [0.2, 0.25) is 10.0 Å². The lowest BCUT2D eigenvalue weighted by molar-refractivity contribution is -0.155. The first-order valence-electron chi connectivity index (χ1n) is 13.0. The average Bonchev–Trinajstić information content (AvgIpc) is 3.32. The number of carbonyl (C=O) groups excluding carboxylic acids is 5. The summed E-state index contributed by atoms with van der Waals surface area (Å²) >= 11 is 13.2. The number of nitrogens with one attached hydrogen (secondary N) is 2. The van der Waals surface area contributed by atoms with E-state index < -0.39 is 29.4 Å². The molecule has 41 heavy (non-hydrogen) atoms. The second kappa shape index (κ2) is 12.8. The number of ketones is 1. The molecule has 4 amide bonds. The lowest BCUT2D eigenvalue weighted by atomic mass is 9.89. The highest BCUT2D eigenvalue weighted by Gasteiger charge is 2.47. The molecular formula is C28H34Cl2N4O6S. The summed E-state index contributed by atoms with van der Waals surface area (Å²) in [6, 6.07) is 5.53. The molecule has 2 heterocycles. The van der Waals surface area contributed by atoms with E-state index in [1.54, 1.807) is 32.0 Å². The molecule has 2 N–H and O–H groups in total. The molecule has 222 valence electrons. The zero-order valence-electron chi connectivity index (χ0n) is 23.9. The zero-order chi connectivity index (χ0) is 30.7. The number of halogens is 2. The number of hydrogen-bond donors (Lipinski definition) is 2. The fourth-order valence-corrected chi connectivity index (χ4v) is 5.75. The third-order valence-corrected chi connectivity index (χ3v) is 8.68. The van der Waals surface area contributed by atoms with E-state index in [1.807, 2.05) is 20.8 Å². The Morgan fingerprint density at radius 3 is 2.41 bits per heavy atom. The van der Waals surface area contributed by atoms with Crippen LogP contribution in [0.5, 0.6) is 0 Å². The fraction of sp³-hybridized carbons (Fsp3) is 0.464. The largest absolute Gasteiger partial charge is 0.468 e. The molecule has 1 unspecified atom stereocenters. The third kappa shape index (κ3) is 7.38. The number of amides is 4. The highest BCUT2D eigenvalue weighted by molar-refractivity contribution is 7.18. The number of methoxy groups -OCH3 is 1. The molecule has 0 radical (unpaired) electrons. The molecule has 1 aliphatic rings. The Morgan fingerprint density at radius 1 is 1.12 bits per heavy atom. The number of ether oxygens (including phenoxy) is 1. The summed E-state index contributed by atoms with van der Waals surface area (Å²) in [6.45, 7) is 9.22. The summed E-state index contributed by atoms with van der Waals surface area (Å²) in [5.74, 6) is -1.66. The molecule has 0 saturated carbocycles. The van der Waals surface area contributed by atoms with E-state index in [0.717, 1.165) is 11.3 Å². The molecule has 0 bridgehead atoms. The molecule has 1 atom stereocenters. The van der Waals surface area contributed by atoms with Crippen molar-refractivity contribution >= 4 is 74.8 Å². The topological polar surface area (TPSA) is 125 Å².